The summed E-state index contributed by atoms with van der Waals surface area (Å²) in [5.74, 6) is -1.28. The Morgan fingerprint density at radius 2 is 1.72 bits per heavy atom. The van der Waals surface area contributed by atoms with Crippen molar-refractivity contribution in [3.8, 4) is 11.1 Å². The zero-order valence-electron chi connectivity index (χ0n) is 33.7. The van der Waals surface area contributed by atoms with Crippen molar-refractivity contribution in [1.82, 2.24) is 34.8 Å². The van der Waals surface area contributed by atoms with Crippen molar-refractivity contribution in [1.29, 1.82) is 0 Å². The summed E-state index contributed by atoms with van der Waals surface area (Å²) in [5, 5.41) is 27.5. The van der Waals surface area contributed by atoms with Gasteiger partial charge in [-0.1, -0.05) is 51.2 Å². The molecule has 57 heavy (non-hydrogen) atoms. The molecule has 1 saturated heterocycles. The molecule has 0 radical (unpaired) electrons. The average Bonchev–Trinajstić information content (AvgIpc) is 3.72. The Labute approximate surface area is 337 Å². The fraction of sp³-hybridized carbons (Fsp3) is 0.512. The molecule has 0 amide bonds. The molecule has 2 N–H and O–H groups in total. The highest BCUT2D eigenvalue weighted by molar-refractivity contribution is 7.22. The predicted octanol–water partition coefficient (Wildman–Crippen LogP) is 7.74. The van der Waals surface area contributed by atoms with E-state index in [9.17, 15) is 14.7 Å². The van der Waals surface area contributed by atoms with Gasteiger partial charge in [0.2, 0.25) is 5.78 Å². The minimum Gasteiger partial charge on any atom is -0.476 e. The average molecular weight is 793 g/mol. The van der Waals surface area contributed by atoms with Crippen LogP contribution in [0.1, 0.15) is 97.7 Å². The number of fused-ring (bicyclic) bond motifs is 3. The largest absolute Gasteiger partial charge is 0.476 e. The van der Waals surface area contributed by atoms with Crippen molar-refractivity contribution in [2.75, 3.05) is 44.8 Å². The van der Waals surface area contributed by atoms with Crippen LogP contribution in [0.15, 0.2) is 48.7 Å². The van der Waals surface area contributed by atoms with Crippen molar-refractivity contribution in [3.05, 3.63) is 77.0 Å². The van der Waals surface area contributed by atoms with Crippen LogP contribution in [0.4, 0.5) is 10.9 Å². The molecule has 3 fully saturated rings. The fourth-order valence-corrected chi connectivity index (χ4v) is 11.5. The number of aromatic nitrogens is 6. The number of aryl methyl sites for hydroxylation is 1. The van der Waals surface area contributed by atoms with Gasteiger partial charge in [-0.05, 0) is 98.1 Å². The van der Waals surface area contributed by atoms with Crippen LogP contribution in [0, 0.1) is 30.1 Å². The second-order valence-electron chi connectivity index (χ2n) is 18.1. The van der Waals surface area contributed by atoms with Crippen LogP contribution in [0.3, 0.4) is 0 Å². The lowest BCUT2D eigenvalue weighted by Gasteiger charge is -2.61. The summed E-state index contributed by atoms with van der Waals surface area (Å²) in [4.78, 5) is 37.7. The Bertz CT molecular complexity index is 2300. The van der Waals surface area contributed by atoms with Crippen molar-refractivity contribution in [3.63, 3.8) is 0 Å². The first kappa shape index (κ1) is 39.2. The van der Waals surface area contributed by atoms with E-state index in [-0.39, 0.29) is 38.9 Å². The molecular weight excluding hydrogens is 741 g/mol. The molecule has 300 valence electrons. The van der Waals surface area contributed by atoms with E-state index in [1.54, 1.807) is 24.4 Å². The Hall–Kier alpha value is -4.63. The van der Waals surface area contributed by atoms with Crippen LogP contribution >= 0.6 is 11.3 Å². The molecule has 3 atom stereocenters. The summed E-state index contributed by atoms with van der Waals surface area (Å²) in [6.07, 6.45) is 6.91. The predicted molar refractivity (Wildman–Crippen MR) is 219 cm³/mol. The topological polar surface area (TPSA) is 157 Å². The van der Waals surface area contributed by atoms with Gasteiger partial charge in [0.05, 0.1) is 41.8 Å². The molecule has 13 nitrogen and oxygen atoms in total. The molecular formula is C43H52N8O5S. The van der Waals surface area contributed by atoms with Gasteiger partial charge in [0.25, 0.3) is 0 Å². The first-order valence-corrected chi connectivity index (χ1v) is 20.7. The number of thiazole rings is 1. The maximum absolute atomic E-state index is 13.6. The molecule has 8 rings (SSSR count). The van der Waals surface area contributed by atoms with Crippen molar-refractivity contribution >= 4 is 44.3 Å². The molecule has 3 unspecified atom stereocenters. The van der Waals surface area contributed by atoms with Gasteiger partial charge >= 0.3 is 5.97 Å². The second kappa shape index (κ2) is 14.9. The third-order valence-corrected chi connectivity index (χ3v) is 12.9. The number of nitrogens with zero attached hydrogens (tertiary/aromatic N) is 7. The first-order valence-electron chi connectivity index (χ1n) is 19.8. The summed E-state index contributed by atoms with van der Waals surface area (Å²) in [6, 6.07) is 12.7. The Morgan fingerprint density at radius 3 is 2.47 bits per heavy atom. The number of carboxylic acids is 1. The summed E-state index contributed by atoms with van der Waals surface area (Å²) >= 11 is 1.49. The number of anilines is 2. The first-order chi connectivity index (χ1) is 27.1. The van der Waals surface area contributed by atoms with Gasteiger partial charge in [0, 0.05) is 43.0 Å². The van der Waals surface area contributed by atoms with Crippen LogP contribution in [0.25, 0.3) is 21.3 Å². The molecule has 1 aliphatic heterocycles. The smallest absolute Gasteiger partial charge is 0.355 e. The number of benzene rings is 1. The summed E-state index contributed by atoms with van der Waals surface area (Å²) in [6.45, 7) is 19.1. The molecule has 0 spiro atoms. The minimum atomic E-state index is -1.23. The van der Waals surface area contributed by atoms with E-state index in [0.717, 1.165) is 80.9 Å². The highest BCUT2D eigenvalue weighted by atomic mass is 32.1. The van der Waals surface area contributed by atoms with E-state index in [1.165, 1.54) is 11.3 Å². The Kier molecular flexibility index (Phi) is 10.3. The standard InChI is InChI=1S/C43H52N8O5S/c1-27-19-33(48-49-37(27)47-39-46-31-9-7-8-10-34(31)57-39)36(52)32-12-11-29(35(45-32)38(53)54)30-20-44-51(28(30)2)26-42(6)23-41(5)21-40(3,4)22-43(24-41,25-42)56-18-15-50-13-16-55-17-14-50/h7-12,19-20H,13-18,21-26H2,1-6H3,(H,53,54)(H,46,47,49). The van der Waals surface area contributed by atoms with Crippen molar-refractivity contribution < 1.29 is 24.2 Å². The lowest BCUT2D eigenvalue weighted by molar-refractivity contribution is -0.195. The van der Waals surface area contributed by atoms with Crippen LogP contribution < -0.4 is 5.32 Å². The van der Waals surface area contributed by atoms with Gasteiger partial charge in [-0.25, -0.2) is 14.8 Å². The highest BCUT2D eigenvalue weighted by Crippen LogP contribution is 2.63. The van der Waals surface area contributed by atoms with Crippen LogP contribution in [0.5, 0.6) is 0 Å². The number of carbonyl (C=O) groups excluding carboxylic acids is 1. The normalized spacial score (nSPS) is 24.7. The van der Waals surface area contributed by atoms with Gasteiger partial charge in [0.15, 0.2) is 16.6 Å². The molecule has 5 aromatic rings. The molecule has 1 aromatic carbocycles. The van der Waals surface area contributed by atoms with Crippen LogP contribution in [-0.2, 0) is 16.0 Å². The number of para-hydroxylation sites is 1. The van der Waals surface area contributed by atoms with E-state index >= 15 is 0 Å². The molecule has 2 saturated carbocycles. The molecule has 14 heteroatoms. The SMILES string of the molecule is Cc1cc(C(=O)c2ccc(-c3cnn(CC4(C)CC5(C)CC(C)(C)CC(OCCN6CCOCC6)(C4)C5)c3C)c(C(=O)O)n2)nnc1Nc1nc2ccccc2s1. The monoisotopic (exact) mass is 792 g/mol. The highest BCUT2D eigenvalue weighted by Gasteiger charge is 2.58. The zero-order chi connectivity index (χ0) is 40.2. The van der Waals surface area contributed by atoms with E-state index in [1.807, 2.05) is 42.8 Å². The lowest BCUT2D eigenvalue weighted by Crippen LogP contribution is -2.57. The fourth-order valence-electron chi connectivity index (χ4n) is 10.7. The number of carbonyl (C=O) groups is 2. The number of ether oxygens (including phenoxy) is 2. The van der Waals surface area contributed by atoms with Gasteiger partial charge in [0.1, 0.15) is 11.4 Å². The number of rotatable bonds is 12. The number of hydrogen-bond acceptors (Lipinski definition) is 12. The minimum absolute atomic E-state index is 0.0295. The molecule has 2 bridgehead atoms. The zero-order valence-corrected chi connectivity index (χ0v) is 34.5. The lowest BCUT2D eigenvalue weighted by atomic mass is 9.48. The van der Waals surface area contributed by atoms with Crippen molar-refractivity contribution in [2.45, 2.75) is 85.8 Å². The summed E-state index contributed by atoms with van der Waals surface area (Å²) in [5.41, 5.74) is 3.28. The number of aromatic carboxylic acids is 1. The Morgan fingerprint density at radius 1 is 0.930 bits per heavy atom. The van der Waals surface area contributed by atoms with Crippen LogP contribution in [0.2, 0.25) is 0 Å². The molecule has 5 heterocycles. The van der Waals surface area contributed by atoms with Gasteiger partial charge in [-0.3, -0.25) is 14.4 Å². The van der Waals surface area contributed by atoms with Gasteiger partial charge < -0.3 is 19.9 Å². The summed E-state index contributed by atoms with van der Waals surface area (Å²) < 4.78 is 15.6. The summed E-state index contributed by atoms with van der Waals surface area (Å²) in [7, 11) is 0. The quantitative estimate of drug-likeness (QED) is 0.119. The number of hydrogen-bond donors (Lipinski definition) is 2. The number of pyridine rings is 1. The maximum atomic E-state index is 13.6. The number of ketones is 1. The van der Waals surface area contributed by atoms with E-state index in [2.05, 4.69) is 58.1 Å². The number of nitrogens with one attached hydrogen (secondary N) is 1. The Balaban J connectivity index is 1.00. The number of carboxylic acid groups (broad SMARTS) is 1. The second-order valence-corrected chi connectivity index (χ2v) is 19.1. The van der Waals surface area contributed by atoms with E-state index in [4.69, 9.17) is 14.6 Å². The van der Waals surface area contributed by atoms with E-state index in [0.29, 0.717) is 40.8 Å². The molecule has 4 aromatic heterocycles. The third-order valence-electron chi connectivity index (χ3n) is 12.0. The van der Waals surface area contributed by atoms with E-state index < -0.39 is 11.8 Å². The van der Waals surface area contributed by atoms with Gasteiger partial charge in [-0.2, -0.15) is 5.10 Å². The number of morpholine rings is 1. The maximum Gasteiger partial charge on any atom is 0.355 e. The van der Waals surface area contributed by atoms with Crippen molar-refractivity contribution in [2.24, 2.45) is 16.2 Å². The van der Waals surface area contributed by atoms with Crippen LogP contribution in [-0.4, -0.2) is 96.8 Å². The third kappa shape index (κ3) is 8.23. The van der Waals surface area contributed by atoms with Gasteiger partial charge in [-0.15, -0.1) is 10.2 Å². The molecule has 2 aliphatic carbocycles. The molecule has 3 aliphatic rings.